The molecule has 2 nitrogen and oxygen atoms in total. The van der Waals surface area contributed by atoms with E-state index >= 15 is 0 Å². The fourth-order valence-corrected chi connectivity index (χ4v) is 2.00. The van der Waals surface area contributed by atoms with E-state index in [-0.39, 0.29) is 12.4 Å². The fraction of sp³-hybridized carbons (Fsp3) is 0.200. The maximum Gasteiger partial charge on any atom is 0.123 e. The van der Waals surface area contributed by atoms with Gasteiger partial charge in [-0.3, -0.25) is 0 Å². The summed E-state index contributed by atoms with van der Waals surface area (Å²) in [7, 11) is 1.93. The molecule has 0 amide bonds. The Morgan fingerprint density at radius 3 is 2.50 bits per heavy atom. The second-order valence-electron chi connectivity index (χ2n) is 4.27. The molecule has 18 heavy (non-hydrogen) atoms. The van der Waals surface area contributed by atoms with Crippen LogP contribution in [0.1, 0.15) is 11.1 Å². The van der Waals surface area contributed by atoms with Crippen molar-refractivity contribution < 1.29 is 9.50 Å². The van der Waals surface area contributed by atoms with Gasteiger partial charge in [0.05, 0.1) is 6.61 Å². The van der Waals surface area contributed by atoms with E-state index in [9.17, 15) is 9.50 Å². The zero-order chi connectivity index (χ0) is 13.0. The molecule has 0 aliphatic heterocycles. The Balaban J connectivity index is 2.21. The van der Waals surface area contributed by atoms with E-state index in [1.54, 1.807) is 6.07 Å². The van der Waals surface area contributed by atoms with Crippen LogP contribution < -0.4 is 4.90 Å². The number of rotatable bonds is 4. The summed E-state index contributed by atoms with van der Waals surface area (Å²) in [5.74, 6) is -0.323. The van der Waals surface area contributed by atoms with Crippen molar-refractivity contribution in [2.75, 3.05) is 11.9 Å². The molecule has 0 spiro atoms. The molecule has 0 saturated heterocycles. The van der Waals surface area contributed by atoms with Gasteiger partial charge in [0.1, 0.15) is 5.82 Å². The van der Waals surface area contributed by atoms with Crippen molar-refractivity contribution in [3.8, 4) is 0 Å². The molecule has 2 rings (SSSR count). The molecular formula is C15H16FNO. The van der Waals surface area contributed by atoms with Gasteiger partial charge in [-0.15, -0.1) is 0 Å². The van der Waals surface area contributed by atoms with Crippen LogP contribution in [0.2, 0.25) is 0 Å². The molecule has 0 heterocycles. The van der Waals surface area contributed by atoms with Gasteiger partial charge in [-0.05, 0) is 23.8 Å². The smallest absolute Gasteiger partial charge is 0.123 e. The first-order valence-corrected chi connectivity index (χ1v) is 5.85. The first-order valence-electron chi connectivity index (χ1n) is 5.85. The van der Waals surface area contributed by atoms with Crippen molar-refractivity contribution in [2.24, 2.45) is 0 Å². The molecule has 0 radical (unpaired) electrons. The molecule has 0 aliphatic carbocycles. The highest BCUT2D eigenvalue weighted by atomic mass is 19.1. The van der Waals surface area contributed by atoms with Gasteiger partial charge in [-0.25, -0.2) is 4.39 Å². The summed E-state index contributed by atoms with van der Waals surface area (Å²) in [5.41, 5.74) is 2.63. The molecule has 2 aromatic rings. The molecule has 0 fully saturated rings. The minimum Gasteiger partial charge on any atom is -0.392 e. The Hall–Kier alpha value is -1.87. The van der Waals surface area contributed by atoms with Gasteiger partial charge in [0.2, 0.25) is 0 Å². The van der Waals surface area contributed by atoms with Crippen molar-refractivity contribution in [2.45, 2.75) is 13.2 Å². The number of nitrogens with zero attached hydrogens (tertiary/aromatic N) is 1. The molecule has 0 aromatic heterocycles. The normalized spacial score (nSPS) is 10.4. The maximum atomic E-state index is 13.1. The van der Waals surface area contributed by atoms with E-state index in [2.05, 4.69) is 0 Å². The number of hydrogen-bond donors (Lipinski definition) is 1. The highest BCUT2D eigenvalue weighted by Gasteiger charge is 2.08. The van der Waals surface area contributed by atoms with E-state index in [0.717, 1.165) is 12.2 Å². The van der Waals surface area contributed by atoms with Crippen molar-refractivity contribution in [1.29, 1.82) is 0 Å². The minimum absolute atomic E-state index is 0.160. The molecule has 0 saturated carbocycles. The van der Waals surface area contributed by atoms with Gasteiger partial charge in [0.15, 0.2) is 0 Å². The van der Waals surface area contributed by atoms with E-state index in [1.165, 1.54) is 17.7 Å². The van der Waals surface area contributed by atoms with Gasteiger partial charge in [0, 0.05) is 24.8 Å². The summed E-state index contributed by atoms with van der Waals surface area (Å²) < 4.78 is 13.1. The summed E-state index contributed by atoms with van der Waals surface area (Å²) >= 11 is 0. The molecule has 0 atom stereocenters. The molecule has 94 valence electrons. The maximum absolute atomic E-state index is 13.1. The largest absolute Gasteiger partial charge is 0.392 e. The molecule has 0 aliphatic rings. The Morgan fingerprint density at radius 1 is 1.11 bits per heavy atom. The predicted molar refractivity (Wildman–Crippen MR) is 70.9 cm³/mol. The number of anilines is 1. The summed E-state index contributed by atoms with van der Waals surface area (Å²) in [4.78, 5) is 2.00. The molecule has 0 unspecified atom stereocenters. The lowest BCUT2D eigenvalue weighted by atomic mass is 10.1. The molecule has 1 N–H and O–H groups in total. The Kier molecular flexibility index (Phi) is 3.95. The number of benzene rings is 2. The van der Waals surface area contributed by atoms with Gasteiger partial charge < -0.3 is 10.0 Å². The summed E-state index contributed by atoms with van der Waals surface area (Å²) in [5, 5.41) is 9.26. The Labute approximate surface area is 106 Å². The summed E-state index contributed by atoms with van der Waals surface area (Å²) in [6, 6.07) is 14.5. The monoisotopic (exact) mass is 245 g/mol. The first kappa shape index (κ1) is 12.6. The molecule has 0 bridgehead atoms. The van der Waals surface area contributed by atoms with Crippen LogP contribution in [0.15, 0.2) is 48.5 Å². The number of aliphatic hydroxyl groups is 1. The highest BCUT2D eigenvalue weighted by molar-refractivity contribution is 5.53. The number of hydrogen-bond acceptors (Lipinski definition) is 2. The third kappa shape index (κ3) is 2.87. The van der Waals surface area contributed by atoms with Crippen LogP contribution in [0, 0.1) is 5.82 Å². The van der Waals surface area contributed by atoms with Crippen molar-refractivity contribution in [3.63, 3.8) is 0 Å². The average Bonchev–Trinajstić information content (AvgIpc) is 2.39. The third-order valence-electron chi connectivity index (χ3n) is 2.89. The van der Waals surface area contributed by atoms with Crippen LogP contribution in [-0.4, -0.2) is 12.2 Å². The Morgan fingerprint density at radius 2 is 1.83 bits per heavy atom. The van der Waals surface area contributed by atoms with Crippen LogP contribution in [0.5, 0.6) is 0 Å². The minimum atomic E-state index is -0.323. The van der Waals surface area contributed by atoms with Crippen molar-refractivity contribution in [3.05, 3.63) is 65.5 Å². The van der Waals surface area contributed by atoms with Crippen LogP contribution in [0.25, 0.3) is 0 Å². The van der Waals surface area contributed by atoms with E-state index in [4.69, 9.17) is 0 Å². The SMILES string of the molecule is CN(Cc1ccccc1)c1ccc(F)cc1CO. The number of aliphatic hydroxyl groups excluding tert-OH is 1. The molecule has 2 aromatic carbocycles. The second kappa shape index (κ2) is 5.65. The van der Waals surface area contributed by atoms with Gasteiger partial charge in [-0.1, -0.05) is 30.3 Å². The predicted octanol–water partition coefficient (Wildman–Crippen LogP) is 2.95. The lowest BCUT2D eigenvalue weighted by molar-refractivity contribution is 0.281. The van der Waals surface area contributed by atoms with Crippen molar-refractivity contribution >= 4 is 5.69 Å². The first-order chi connectivity index (χ1) is 8.70. The lowest BCUT2D eigenvalue weighted by Crippen LogP contribution is -2.18. The quantitative estimate of drug-likeness (QED) is 0.895. The van der Waals surface area contributed by atoms with Crippen LogP contribution in [-0.2, 0) is 13.2 Å². The van der Waals surface area contributed by atoms with Crippen molar-refractivity contribution in [1.82, 2.24) is 0 Å². The van der Waals surface area contributed by atoms with Crippen LogP contribution in [0.3, 0.4) is 0 Å². The van der Waals surface area contributed by atoms with Crippen LogP contribution >= 0.6 is 0 Å². The zero-order valence-electron chi connectivity index (χ0n) is 10.3. The second-order valence-corrected chi connectivity index (χ2v) is 4.27. The van der Waals surface area contributed by atoms with E-state index in [1.807, 2.05) is 42.3 Å². The average molecular weight is 245 g/mol. The van der Waals surface area contributed by atoms with Gasteiger partial charge in [0.25, 0.3) is 0 Å². The summed E-state index contributed by atoms with van der Waals surface area (Å²) in [6.07, 6.45) is 0. The standard InChI is InChI=1S/C15H16FNO/c1-17(10-12-5-3-2-4-6-12)15-8-7-14(16)9-13(15)11-18/h2-9,18H,10-11H2,1H3. The zero-order valence-corrected chi connectivity index (χ0v) is 10.3. The van der Waals surface area contributed by atoms with Gasteiger partial charge >= 0.3 is 0 Å². The van der Waals surface area contributed by atoms with E-state index in [0.29, 0.717) is 5.56 Å². The topological polar surface area (TPSA) is 23.5 Å². The number of halogens is 1. The van der Waals surface area contributed by atoms with E-state index < -0.39 is 0 Å². The van der Waals surface area contributed by atoms with Gasteiger partial charge in [-0.2, -0.15) is 0 Å². The fourth-order valence-electron chi connectivity index (χ4n) is 2.00. The Bertz CT molecular complexity index is 513. The van der Waals surface area contributed by atoms with Crippen LogP contribution in [0.4, 0.5) is 10.1 Å². The summed E-state index contributed by atoms with van der Waals surface area (Å²) in [6.45, 7) is 0.561. The molecular weight excluding hydrogens is 229 g/mol. The third-order valence-corrected chi connectivity index (χ3v) is 2.89. The lowest BCUT2D eigenvalue weighted by Gasteiger charge is -2.22. The molecule has 3 heteroatoms. The highest BCUT2D eigenvalue weighted by Crippen LogP contribution is 2.22.